The third kappa shape index (κ3) is 3.08. The first-order chi connectivity index (χ1) is 11.1. The monoisotopic (exact) mass is 315 g/mol. The molecule has 0 aliphatic carbocycles. The number of nitrogens with zero attached hydrogens (tertiary/aromatic N) is 4. The van der Waals surface area contributed by atoms with Crippen LogP contribution in [0.25, 0.3) is 0 Å². The van der Waals surface area contributed by atoms with Crippen LogP contribution >= 0.6 is 0 Å². The lowest BCUT2D eigenvalue weighted by molar-refractivity contribution is 0.206. The highest BCUT2D eigenvalue weighted by Gasteiger charge is 2.24. The van der Waals surface area contributed by atoms with Gasteiger partial charge >= 0.3 is 6.03 Å². The van der Waals surface area contributed by atoms with Crippen molar-refractivity contribution in [2.45, 2.75) is 13.0 Å². The number of halogens is 1. The molecule has 120 valence electrons. The number of rotatable bonds is 2. The van der Waals surface area contributed by atoms with Crippen molar-refractivity contribution >= 4 is 17.5 Å². The van der Waals surface area contributed by atoms with Crippen LogP contribution in [-0.4, -0.2) is 41.5 Å². The Balaban J connectivity index is 1.79. The number of fused-ring (bicyclic) bond motifs is 1. The van der Waals surface area contributed by atoms with Crippen LogP contribution in [0, 0.1) is 5.82 Å². The maximum Gasteiger partial charge on any atom is 0.322 e. The first-order valence-corrected chi connectivity index (χ1v) is 7.36. The molecule has 3 rings (SSSR count). The van der Waals surface area contributed by atoms with Gasteiger partial charge in [-0.3, -0.25) is 4.98 Å². The number of urea groups is 1. The van der Waals surface area contributed by atoms with Gasteiger partial charge in [-0.2, -0.15) is 0 Å². The highest BCUT2D eigenvalue weighted by Crippen LogP contribution is 2.26. The van der Waals surface area contributed by atoms with Gasteiger partial charge in [0.15, 0.2) is 5.82 Å². The third-order valence-corrected chi connectivity index (χ3v) is 3.85. The molecule has 0 spiro atoms. The molecule has 0 saturated heterocycles. The summed E-state index contributed by atoms with van der Waals surface area (Å²) in [4.78, 5) is 24.1. The zero-order chi connectivity index (χ0) is 16.4. The van der Waals surface area contributed by atoms with Crippen molar-refractivity contribution in [3.05, 3.63) is 47.7 Å². The molecule has 0 saturated carbocycles. The maximum absolute atomic E-state index is 13.6. The molecule has 0 atom stereocenters. The Hall–Kier alpha value is -2.70. The van der Waals surface area contributed by atoms with Crippen LogP contribution in [0.4, 0.5) is 20.7 Å². The second-order valence-electron chi connectivity index (χ2n) is 5.62. The Morgan fingerprint density at radius 3 is 2.91 bits per heavy atom. The number of anilines is 2. The van der Waals surface area contributed by atoms with E-state index >= 15 is 0 Å². The van der Waals surface area contributed by atoms with Crippen LogP contribution in [0.2, 0.25) is 0 Å². The summed E-state index contributed by atoms with van der Waals surface area (Å²) in [6, 6.07) is 3.10. The van der Waals surface area contributed by atoms with Crippen LogP contribution in [0.1, 0.15) is 11.1 Å². The number of carbonyl (C=O) groups is 1. The fraction of sp³-hybridized carbons (Fsp3) is 0.312. The maximum atomic E-state index is 13.6. The third-order valence-electron chi connectivity index (χ3n) is 3.85. The summed E-state index contributed by atoms with van der Waals surface area (Å²) in [6.07, 6.45) is 5.06. The molecular weight excluding hydrogens is 297 g/mol. The van der Waals surface area contributed by atoms with Crippen molar-refractivity contribution in [1.82, 2.24) is 14.9 Å². The van der Waals surface area contributed by atoms with E-state index in [1.54, 1.807) is 11.1 Å². The molecule has 0 bridgehead atoms. The van der Waals surface area contributed by atoms with Gasteiger partial charge in [-0.25, -0.2) is 14.2 Å². The number of pyridine rings is 2. The summed E-state index contributed by atoms with van der Waals surface area (Å²) >= 11 is 0. The van der Waals surface area contributed by atoms with Gasteiger partial charge in [-0.1, -0.05) is 0 Å². The average Bonchev–Trinajstić information content (AvgIpc) is 2.55. The van der Waals surface area contributed by atoms with E-state index in [-0.39, 0.29) is 11.7 Å². The Morgan fingerprint density at radius 2 is 2.17 bits per heavy atom. The number of hydrogen-bond donors (Lipinski definition) is 1. The minimum absolute atomic E-state index is 0.134. The van der Waals surface area contributed by atoms with Crippen LogP contribution in [0.15, 0.2) is 30.7 Å². The zero-order valence-corrected chi connectivity index (χ0v) is 13.1. The number of hydrogen-bond acceptors (Lipinski definition) is 4. The van der Waals surface area contributed by atoms with Gasteiger partial charge in [0, 0.05) is 38.6 Å². The summed E-state index contributed by atoms with van der Waals surface area (Å²) in [7, 11) is 3.85. The van der Waals surface area contributed by atoms with E-state index in [4.69, 9.17) is 0 Å². The fourth-order valence-corrected chi connectivity index (χ4v) is 2.68. The summed E-state index contributed by atoms with van der Waals surface area (Å²) in [6.45, 7) is 1.04. The van der Waals surface area contributed by atoms with E-state index < -0.39 is 5.82 Å². The summed E-state index contributed by atoms with van der Waals surface area (Å²) in [5.41, 5.74) is 2.37. The molecular formula is C16H18FN5O. The second-order valence-corrected chi connectivity index (χ2v) is 5.62. The predicted octanol–water partition coefficient (Wildman–Crippen LogP) is 2.27. The molecule has 0 radical (unpaired) electrons. The molecule has 7 heteroatoms. The molecule has 1 aliphatic rings. The smallest absolute Gasteiger partial charge is 0.322 e. The second kappa shape index (κ2) is 6.20. The van der Waals surface area contributed by atoms with Gasteiger partial charge in [-0.15, -0.1) is 0 Å². The molecule has 1 aliphatic heterocycles. The van der Waals surface area contributed by atoms with Crippen molar-refractivity contribution in [1.29, 1.82) is 0 Å². The van der Waals surface area contributed by atoms with Gasteiger partial charge in [0.1, 0.15) is 5.82 Å². The SMILES string of the molecule is CN(C)c1nccc2c1CN(C(=O)Nc1ccncc1F)CC2. The van der Waals surface area contributed by atoms with E-state index in [0.717, 1.165) is 24.0 Å². The molecule has 0 unspecified atom stereocenters. The normalized spacial score (nSPS) is 13.4. The minimum atomic E-state index is -0.547. The number of nitrogens with one attached hydrogen (secondary N) is 1. The van der Waals surface area contributed by atoms with Crippen LogP contribution in [-0.2, 0) is 13.0 Å². The Bertz CT molecular complexity index is 734. The van der Waals surface area contributed by atoms with E-state index in [2.05, 4.69) is 15.3 Å². The highest BCUT2D eigenvalue weighted by molar-refractivity contribution is 5.89. The van der Waals surface area contributed by atoms with Crippen molar-refractivity contribution in [3.8, 4) is 0 Å². The molecule has 2 amide bonds. The average molecular weight is 315 g/mol. The first kappa shape index (κ1) is 15.2. The Morgan fingerprint density at radius 1 is 1.35 bits per heavy atom. The van der Waals surface area contributed by atoms with Crippen molar-refractivity contribution in [2.24, 2.45) is 0 Å². The molecule has 0 fully saturated rings. The van der Waals surface area contributed by atoms with Crippen molar-refractivity contribution in [3.63, 3.8) is 0 Å². The zero-order valence-electron chi connectivity index (χ0n) is 13.1. The molecule has 2 aromatic rings. The lowest BCUT2D eigenvalue weighted by atomic mass is 10.0. The van der Waals surface area contributed by atoms with E-state index in [1.807, 2.05) is 25.1 Å². The molecule has 1 N–H and O–H groups in total. The fourth-order valence-electron chi connectivity index (χ4n) is 2.68. The van der Waals surface area contributed by atoms with E-state index in [9.17, 15) is 9.18 Å². The Labute approximate surface area is 134 Å². The van der Waals surface area contributed by atoms with Crippen molar-refractivity contribution < 1.29 is 9.18 Å². The molecule has 23 heavy (non-hydrogen) atoms. The van der Waals surface area contributed by atoms with Gasteiger partial charge < -0.3 is 15.1 Å². The van der Waals surface area contributed by atoms with Crippen LogP contribution in [0.3, 0.4) is 0 Å². The van der Waals surface area contributed by atoms with Crippen molar-refractivity contribution in [2.75, 3.05) is 30.9 Å². The van der Waals surface area contributed by atoms with E-state index in [1.165, 1.54) is 17.8 Å². The van der Waals surface area contributed by atoms with Gasteiger partial charge in [-0.05, 0) is 24.1 Å². The standard InChI is InChI=1S/C16H18FN5O/c1-21(2)15-12-10-22(8-5-11(12)3-7-19-15)16(23)20-14-4-6-18-9-13(14)17/h3-4,6-7,9H,5,8,10H2,1-2H3,(H,18,20,23). The molecule has 2 aromatic heterocycles. The van der Waals surface area contributed by atoms with Gasteiger partial charge in [0.2, 0.25) is 0 Å². The van der Waals surface area contributed by atoms with Crippen LogP contribution in [0.5, 0.6) is 0 Å². The predicted molar refractivity (Wildman–Crippen MR) is 85.9 cm³/mol. The molecule has 3 heterocycles. The number of carbonyl (C=O) groups excluding carboxylic acids is 1. The first-order valence-electron chi connectivity index (χ1n) is 7.36. The Kier molecular flexibility index (Phi) is 4.10. The summed E-state index contributed by atoms with van der Waals surface area (Å²) < 4.78 is 13.6. The quantitative estimate of drug-likeness (QED) is 0.923. The number of amides is 2. The van der Waals surface area contributed by atoms with Crippen LogP contribution < -0.4 is 10.2 Å². The minimum Gasteiger partial charge on any atom is -0.362 e. The largest absolute Gasteiger partial charge is 0.362 e. The molecule has 0 aromatic carbocycles. The number of aromatic nitrogens is 2. The highest BCUT2D eigenvalue weighted by atomic mass is 19.1. The van der Waals surface area contributed by atoms with E-state index in [0.29, 0.717) is 13.1 Å². The lowest BCUT2D eigenvalue weighted by Gasteiger charge is -2.31. The topological polar surface area (TPSA) is 61.4 Å². The van der Waals surface area contributed by atoms with Gasteiger partial charge in [0.25, 0.3) is 0 Å². The lowest BCUT2D eigenvalue weighted by Crippen LogP contribution is -2.39. The summed E-state index contributed by atoms with van der Waals surface area (Å²) in [5, 5.41) is 2.60. The van der Waals surface area contributed by atoms with Gasteiger partial charge in [0.05, 0.1) is 18.4 Å². The summed E-state index contributed by atoms with van der Waals surface area (Å²) in [5.74, 6) is 0.309. The molecule has 6 nitrogen and oxygen atoms in total.